The maximum Gasteiger partial charge on any atom is 0.335 e. The standard InChI is InChI=1S/C13H20N2O4S/c1-4-9(3)15-20(18,19)12-8-10(13(16)17)6-7-11(12)14-5-2/h6-9,14-15H,4-5H2,1-3H3,(H,16,17)/t9-/m0/s1. The van der Waals surface area contributed by atoms with Gasteiger partial charge in [0.15, 0.2) is 0 Å². The number of aromatic carboxylic acids is 1. The van der Waals surface area contributed by atoms with E-state index in [4.69, 9.17) is 5.11 Å². The van der Waals surface area contributed by atoms with Crippen LogP contribution in [0.5, 0.6) is 0 Å². The van der Waals surface area contributed by atoms with Crippen LogP contribution < -0.4 is 10.0 Å². The second-order valence-corrected chi connectivity index (χ2v) is 6.16. The van der Waals surface area contributed by atoms with Gasteiger partial charge < -0.3 is 10.4 Å². The molecule has 0 aliphatic rings. The Bertz CT molecular complexity index is 584. The van der Waals surface area contributed by atoms with Crippen molar-refractivity contribution in [1.29, 1.82) is 0 Å². The van der Waals surface area contributed by atoms with Gasteiger partial charge in [-0.15, -0.1) is 0 Å². The van der Waals surface area contributed by atoms with E-state index in [2.05, 4.69) is 10.0 Å². The van der Waals surface area contributed by atoms with Crippen molar-refractivity contribution in [2.24, 2.45) is 0 Å². The van der Waals surface area contributed by atoms with Gasteiger partial charge in [-0.2, -0.15) is 0 Å². The Morgan fingerprint density at radius 1 is 1.35 bits per heavy atom. The maximum atomic E-state index is 12.3. The van der Waals surface area contributed by atoms with Gasteiger partial charge in [0, 0.05) is 12.6 Å². The molecular formula is C13H20N2O4S. The van der Waals surface area contributed by atoms with Crippen molar-refractivity contribution < 1.29 is 18.3 Å². The van der Waals surface area contributed by atoms with Gasteiger partial charge in [0.2, 0.25) is 10.0 Å². The summed E-state index contributed by atoms with van der Waals surface area (Å²) in [6, 6.07) is 3.80. The summed E-state index contributed by atoms with van der Waals surface area (Å²) in [6.45, 7) is 6.00. The molecule has 1 aromatic carbocycles. The highest BCUT2D eigenvalue weighted by Crippen LogP contribution is 2.23. The molecule has 0 fully saturated rings. The second kappa shape index (κ2) is 6.71. The molecular weight excluding hydrogens is 280 g/mol. The van der Waals surface area contributed by atoms with Gasteiger partial charge in [-0.25, -0.2) is 17.9 Å². The maximum absolute atomic E-state index is 12.3. The predicted octanol–water partition coefficient (Wildman–Crippen LogP) is 1.89. The zero-order chi connectivity index (χ0) is 15.3. The molecule has 1 atom stereocenters. The summed E-state index contributed by atoms with van der Waals surface area (Å²) in [6.07, 6.45) is 0.647. The zero-order valence-electron chi connectivity index (χ0n) is 11.8. The first-order valence-corrected chi connectivity index (χ1v) is 7.93. The number of benzene rings is 1. The molecule has 1 aromatic rings. The Labute approximate surface area is 119 Å². The normalized spacial score (nSPS) is 12.9. The molecule has 0 aromatic heterocycles. The van der Waals surface area contributed by atoms with Crippen molar-refractivity contribution in [3.05, 3.63) is 23.8 Å². The van der Waals surface area contributed by atoms with Crippen molar-refractivity contribution in [2.45, 2.75) is 38.1 Å². The summed E-state index contributed by atoms with van der Waals surface area (Å²) in [5.74, 6) is -1.16. The van der Waals surface area contributed by atoms with E-state index >= 15 is 0 Å². The van der Waals surface area contributed by atoms with Gasteiger partial charge in [0.05, 0.1) is 11.3 Å². The van der Waals surface area contributed by atoms with Crippen molar-refractivity contribution in [3.63, 3.8) is 0 Å². The number of anilines is 1. The highest BCUT2D eigenvalue weighted by molar-refractivity contribution is 7.89. The summed E-state index contributed by atoms with van der Waals surface area (Å²) in [5.41, 5.74) is 0.337. The van der Waals surface area contributed by atoms with Gasteiger partial charge in [0.25, 0.3) is 0 Å². The fourth-order valence-corrected chi connectivity index (χ4v) is 3.16. The van der Waals surface area contributed by atoms with Crippen LogP contribution in [-0.4, -0.2) is 32.1 Å². The first kappa shape index (κ1) is 16.5. The van der Waals surface area contributed by atoms with E-state index in [1.165, 1.54) is 18.2 Å². The van der Waals surface area contributed by atoms with Crippen LogP contribution in [0.15, 0.2) is 23.1 Å². The highest BCUT2D eigenvalue weighted by Gasteiger charge is 2.22. The molecule has 3 N–H and O–H groups in total. The lowest BCUT2D eigenvalue weighted by Gasteiger charge is -2.16. The summed E-state index contributed by atoms with van der Waals surface area (Å²) < 4.78 is 27.2. The van der Waals surface area contributed by atoms with Crippen LogP contribution >= 0.6 is 0 Å². The van der Waals surface area contributed by atoms with Crippen molar-refractivity contribution in [3.8, 4) is 0 Å². The number of carbonyl (C=O) groups is 1. The van der Waals surface area contributed by atoms with Gasteiger partial charge in [0.1, 0.15) is 4.90 Å². The van der Waals surface area contributed by atoms with Gasteiger partial charge in [-0.1, -0.05) is 6.92 Å². The Hall–Kier alpha value is -1.60. The van der Waals surface area contributed by atoms with Crippen LogP contribution in [0.4, 0.5) is 5.69 Å². The predicted molar refractivity (Wildman–Crippen MR) is 77.6 cm³/mol. The lowest BCUT2D eigenvalue weighted by Crippen LogP contribution is -2.32. The molecule has 0 amide bonds. The molecule has 6 nitrogen and oxygen atoms in total. The van der Waals surface area contributed by atoms with E-state index in [1.807, 2.05) is 13.8 Å². The summed E-state index contributed by atoms with van der Waals surface area (Å²) >= 11 is 0. The van der Waals surface area contributed by atoms with Gasteiger partial charge in [-0.3, -0.25) is 0 Å². The zero-order valence-corrected chi connectivity index (χ0v) is 12.6. The fourth-order valence-electron chi connectivity index (χ4n) is 1.63. The number of carboxylic acids is 1. The Balaban J connectivity index is 3.31. The molecule has 20 heavy (non-hydrogen) atoms. The molecule has 112 valence electrons. The lowest BCUT2D eigenvalue weighted by molar-refractivity contribution is 0.0696. The number of rotatable bonds is 7. The molecule has 0 spiro atoms. The fraction of sp³-hybridized carbons (Fsp3) is 0.462. The summed E-state index contributed by atoms with van der Waals surface area (Å²) in [4.78, 5) is 10.9. The molecule has 0 saturated heterocycles. The van der Waals surface area contributed by atoms with Crippen LogP contribution in [0.3, 0.4) is 0 Å². The van der Waals surface area contributed by atoms with E-state index < -0.39 is 16.0 Å². The van der Waals surface area contributed by atoms with E-state index in [0.29, 0.717) is 18.7 Å². The van der Waals surface area contributed by atoms with E-state index in [9.17, 15) is 13.2 Å². The average molecular weight is 300 g/mol. The quantitative estimate of drug-likeness (QED) is 0.714. The number of hydrogen-bond donors (Lipinski definition) is 3. The third-order valence-corrected chi connectivity index (χ3v) is 4.48. The molecule has 0 unspecified atom stereocenters. The lowest BCUT2D eigenvalue weighted by atomic mass is 10.2. The smallest absolute Gasteiger partial charge is 0.335 e. The Kier molecular flexibility index (Phi) is 5.52. The SMILES string of the molecule is CCNc1ccc(C(=O)O)cc1S(=O)(=O)N[C@@H](C)CC. The monoisotopic (exact) mass is 300 g/mol. The van der Waals surface area contributed by atoms with Crippen LogP contribution in [0.2, 0.25) is 0 Å². The largest absolute Gasteiger partial charge is 0.478 e. The Morgan fingerprint density at radius 2 is 2.00 bits per heavy atom. The van der Waals surface area contributed by atoms with Gasteiger partial charge in [-0.05, 0) is 38.5 Å². The summed E-state index contributed by atoms with van der Waals surface area (Å²) in [7, 11) is -3.76. The van der Waals surface area contributed by atoms with Crippen LogP contribution in [-0.2, 0) is 10.0 Å². The molecule has 0 aliphatic carbocycles. The second-order valence-electron chi connectivity index (χ2n) is 4.48. The van der Waals surface area contributed by atoms with Gasteiger partial charge >= 0.3 is 5.97 Å². The first-order chi connectivity index (χ1) is 9.31. The minimum atomic E-state index is -3.76. The topological polar surface area (TPSA) is 95.5 Å². The molecule has 0 aliphatic heterocycles. The minimum Gasteiger partial charge on any atom is -0.478 e. The number of nitrogens with one attached hydrogen (secondary N) is 2. The molecule has 0 saturated carbocycles. The molecule has 0 bridgehead atoms. The van der Waals surface area contributed by atoms with Crippen molar-refractivity contribution >= 4 is 21.7 Å². The average Bonchev–Trinajstić information content (AvgIpc) is 2.38. The van der Waals surface area contributed by atoms with Crippen molar-refractivity contribution in [2.75, 3.05) is 11.9 Å². The van der Waals surface area contributed by atoms with E-state index in [1.54, 1.807) is 6.92 Å². The number of carboxylic acid groups (broad SMARTS) is 1. The molecule has 0 heterocycles. The third kappa shape index (κ3) is 3.94. The molecule has 7 heteroatoms. The summed E-state index contributed by atoms with van der Waals surface area (Å²) in [5, 5.41) is 11.9. The van der Waals surface area contributed by atoms with Crippen molar-refractivity contribution in [1.82, 2.24) is 4.72 Å². The van der Waals surface area contributed by atoms with Crippen LogP contribution in [0.25, 0.3) is 0 Å². The Morgan fingerprint density at radius 3 is 2.50 bits per heavy atom. The van der Waals surface area contributed by atoms with Crippen LogP contribution in [0.1, 0.15) is 37.6 Å². The van der Waals surface area contributed by atoms with E-state index in [0.717, 1.165) is 0 Å². The van der Waals surface area contributed by atoms with E-state index in [-0.39, 0.29) is 16.5 Å². The molecule has 1 rings (SSSR count). The highest BCUT2D eigenvalue weighted by atomic mass is 32.2. The molecule has 0 radical (unpaired) electrons. The van der Waals surface area contributed by atoms with Crippen LogP contribution in [0, 0.1) is 0 Å². The third-order valence-electron chi connectivity index (χ3n) is 2.85. The minimum absolute atomic E-state index is 0.0421. The first-order valence-electron chi connectivity index (χ1n) is 6.45. The number of sulfonamides is 1. The number of hydrogen-bond acceptors (Lipinski definition) is 4.